The van der Waals surface area contributed by atoms with Crippen LogP contribution in [-0.4, -0.2) is 15.6 Å². The van der Waals surface area contributed by atoms with Crippen molar-refractivity contribution >= 4 is 11.3 Å². The van der Waals surface area contributed by atoms with E-state index in [-0.39, 0.29) is 11.0 Å². The second-order valence-corrected chi connectivity index (χ2v) is 12.5. The van der Waals surface area contributed by atoms with Gasteiger partial charge in [-0.2, -0.15) is 0 Å². The van der Waals surface area contributed by atoms with Crippen LogP contribution in [0.15, 0.2) is 6.20 Å². The molecule has 6 atom stereocenters. The first-order valence-corrected chi connectivity index (χ1v) is 11.2. The fourth-order valence-corrected chi connectivity index (χ4v) is 10.1. The lowest BCUT2D eigenvalue weighted by molar-refractivity contribution is -0.408. The van der Waals surface area contributed by atoms with Gasteiger partial charge in [0.25, 0.3) is 0 Å². The highest BCUT2D eigenvalue weighted by atomic mass is 32.1. The van der Waals surface area contributed by atoms with Gasteiger partial charge in [0.15, 0.2) is 0 Å². The highest BCUT2D eigenvalue weighted by Gasteiger charge is 2.88. The summed E-state index contributed by atoms with van der Waals surface area (Å²) in [6.45, 7) is 13.4. The number of nitrogens with two attached hydrogens (primary N) is 1. The Kier molecular flexibility index (Phi) is 3.10. The summed E-state index contributed by atoms with van der Waals surface area (Å²) in [6.07, 6.45) is 7.15. The Morgan fingerprint density at radius 2 is 1.92 bits per heavy atom. The Bertz CT molecular complexity index is 763. The molecule has 1 spiro atoms. The number of aliphatic hydroxyl groups is 1. The summed E-state index contributed by atoms with van der Waals surface area (Å²) in [5.74, 6) is 2.84. The Labute approximate surface area is 161 Å². The maximum Gasteiger partial charge on any atom is 0.0988 e. The summed E-state index contributed by atoms with van der Waals surface area (Å²) in [6, 6.07) is 0. The molecule has 3 nitrogen and oxygen atoms in total. The Morgan fingerprint density at radius 3 is 2.46 bits per heavy atom. The maximum absolute atomic E-state index is 10.4. The summed E-state index contributed by atoms with van der Waals surface area (Å²) in [7, 11) is 0. The SMILES string of the molecule is CC(C)C12C3CC14CC(CC2(N)C4)C3C(C)(C)c1ncc(C(C)(C)O)s1. The summed E-state index contributed by atoms with van der Waals surface area (Å²) in [4.78, 5) is 5.78. The minimum atomic E-state index is -0.805. The van der Waals surface area contributed by atoms with Crippen LogP contribution in [0, 0.1) is 34.5 Å². The third kappa shape index (κ3) is 1.64. The molecule has 0 amide bonds. The van der Waals surface area contributed by atoms with E-state index in [1.807, 2.05) is 20.0 Å². The van der Waals surface area contributed by atoms with Crippen LogP contribution in [0.3, 0.4) is 0 Å². The molecule has 0 saturated heterocycles. The predicted molar refractivity (Wildman–Crippen MR) is 106 cm³/mol. The average Bonchev–Trinajstić information content (AvgIpc) is 2.94. The molecule has 6 unspecified atom stereocenters. The van der Waals surface area contributed by atoms with Crippen molar-refractivity contribution in [3.05, 3.63) is 16.1 Å². The van der Waals surface area contributed by atoms with Crippen molar-refractivity contribution < 1.29 is 5.11 Å². The van der Waals surface area contributed by atoms with E-state index >= 15 is 0 Å². The van der Waals surface area contributed by atoms with Gasteiger partial charge in [-0.15, -0.1) is 11.3 Å². The van der Waals surface area contributed by atoms with Gasteiger partial charge in [-0.3, -0.25) is 0 Å². The van der Waals surface area contributed by atoms with E-state index in [4.69, 9.17) is 10.7 Å². The fraction of sp³-hybridized carbons (Fsp3) is 0.864. The molecule has 4 heteroatoms. The molecule has 26 heavy (non-hydrogen) atoms. The van der Waals surface area contributed by atoms with Crippen LogP contribution in [0.2, 0.25) is 0 Å². The first-order valence-electron chi connectivity index (χ1n) is 10.4. The standard InChI is InChI=1S/C22H34N2OS/c1-12(2)22-14-9-20(22)7-13(8-21(22,23)11-20)16(14)18(3,4)17-24-10-15(26-17)19(5,6)25/h10,12-14,16,25H,7-9,11,23H2,1-6H3. The molecule has 0 radical (unpaired) electrons. The molecule has 5 bridgehead atoms. The summed E-state index contributed by atoms with van der Waals surface area (Å²) in [5, 5.41) is 11.6. The quantitative estimate of drug-likeness (QED) is 0.819. The zero-order chi connectivity index (χ0) is 18.9. The summed E-state index contributed by atoms with van der Waals surface area (Å²) in [5.41, 5.74) is 7.32. The minimum absolute atomic E-state index is 0.0505. The van der Waals surface area contributed by atoms with Crippen molar-refractivity contribution in [2.75, 3.05) is 0 Å². The van der Waals surface area contributed by atoms with Gasteiger partial charge in [-0.25, -0.2) is 4.98 Å². The van der Waals surface area contributed by atoms with E-state index in [1.165, 1.54) is 30.7 Å². The number of rotatable bonds is 4. The van der Waals surface area contributed by atoms with E-state index in [2.05, 4.69) is 27.7 Å². The zero-order valence-corrected chi connectivity index (χ0v) is 17.9. The number of hydrogen-bond donors (Lipinski definition) is 2. The predicted octanol–water partition coefficient (Wildman–Crippen LogP) is 4.44. The van der Waals surface area contributed by atoms with Crippen molar-refractivity contribution in [2.45, 2.75) is 83.8 Å². The lowest BCUT2D eigenvalue weighted by Crippen LogP contribution is -2.92. The van der Waals surface area contributed by atoms with Gasteiger partial charge in [0.2, 0.25) is 0 Å². The van der Waals surface area contributed by atoms with Gasteiger partial charge < -0.3 is 10.8 Å². The smallest absolute Gasteiger partial charge is 0.0988 e. The van der Waals surface area contributed by atoms with Gasteiger partial charge in [0, 0.05) is 17.2 Å². The number of hydrogen-bond acceptors (Lipinski definition) is 4. The highest BCUT2D eigenvalue weighted by Crippen LogP contribution is 2.91. The third-order valence-electron chi connectivity index (χ3n) is 9.18. The van der Waals surface area contributed by atoms with Crippen molar-refractivity contribution in [1.82, 2.24) is 4.98 Å². The molecule has 1 heterocycles. The van der Waals surface area contributed by atoms with Gasteiger partial charge in [0.05, 0.1) is 15.5 Å². The van der Waals surface area contributed by atoms with Crippen LogP contribution in [0.5, 0.6) is 0 Å². The zero-order valence-electron chi connectivity index (χ0n) is 17.1. The van der Waals surface area contributed by atoms with Crippen LogP contribution >= 0.6 is 11.3 Å². The Balaban J connectivity index is 1.55. The molecule has 3 N–H and O–H groups in total. The molecule has 144 valence electrons. The molecular weight excluding hydrogens is 340 g/mol. The Hall–Kier alpha value is -0.450. The molecular formula is C22H34N2OS. The lowest BCUT2D eigenvalue weighted by atomic mass is 9.14. The van der Waals surface area contributed by atoms with Crippen molar-refractivity contribution in [3.8, 4) is 0 Å². The second-order valence-electron chi connectivity index (χ2n) is 11.5. The fourth-order valence-electron chi connectivity index (χ4n) is 9.08. The van der Waals surface area contributed by atoms with E-state index in [0.29, 0.717) is 22.7 Å². The highest BCUT2D eigenvalue weighted by molar-refractivity contribution is 7.11. The van der Waals surface area contributed by atoms with Gasteiger partial charge in [-0.1, -0.05) is 27.7 Å². The van der Waals surface area contributed by atoms with E-state index in [9.17, 15) is 5.11 Å². The van der Waals surface area contributed by atoms with Crippen LogP contribution < -0.4 is 5.73 Å². The normalized spacial score (nSPS) is 46.3. The largest absolute Gasteiger partial charge is 0.385 e. The van der Waals surface area contributed by atoms with Crippen molar-refractivity contribution in [2.24, 2.45) is 40.2 Å². The van der Waals surface area contributed by atoms with E-state index in [0.717, 1.165) is 16.7 Å². The molecule has 1 aromatic rings. The third-order valence-corrected chi connectivity index (χ3v) is 10.8. The van der Waals surface area contributed by atoms with Gasteiger partial charge in [0.1, 0.15) is 0 Å². The first kappa shape index (κ1) is 17.6. The van der Waals surface area contributed by atoms with Crippen LogP contribution in [0.1, 0.15) is 77.1 Å². The number of aromatic nitrogens is 1. The van der Waals surface area contributed by atoms with Crippen molar-refractivity contribution in [1.29, 1.82) is 0 Å². The van der Waals surface area contributed by atoms with Crippen LogP contribution in [-0.2, 0) is 11.0 Å². The molecule has 6 fully saturated rings. The van der Waals surface area contributed by atoms with Gasteiger partial charge >= 0.3 is 0 Å². The molecule has 6 saturated carbocycles. The second kappa shape index (κ2) is 4.58. The minimum Gasteiger partial charge on any atom is -0.385 e. The molecule has 0 aromatic carbocycles. The van der Waals surface area contributed by atoms with E-state index < -0.39 is 5.60 Å². The van der Waals surface area contributed by atoms with E-state index in [1.54, 1.807) is 11.3 Å². The van der Waals surface area contributed by atoms with Crippen LogP contribution in [0.4, 0.5) is 0 Å². The topological polar surface area (TPSA) is 59.1 Å². The summed E-state index contributed by atoms with van der Waals surface area (Å²) < 4.78 is 0. The monoisotopic (exact) mass is 374 g/mol. The molecule has 6 aliphatic carbocycles. The Morgan fingerprint density at radius 1 is 1.23 bits per heavy atom. The maximum atomic E-state index is 10.4. The molecule has 1 aromatic heterocycles. The first-order chi connectivity index (χ1) is 11.9. The number of nitrogens with zero attached hydrogens (tertiary/aromatic N) is 1. The summed E-state index contributed by atoms with van der Waals surface area (Å²) >= 11 is 1.71. The van der Waals surface area contributed by atoms with Crippen LogP contribution in [0.25, 0.3) is 0 Å². The lowest BCUT2D eigenvalue weighted by Gasteiger charge is -2.91. The average molecular weight is 375 g/mol. The van der Waals surface area contributed by atoms with Crippen molar-refractivity contribution in [3.63, 3.8) is 0 Å². The number of thiazole rings is 1. The molecule has 7 rings (SSSR count). The van der Waals surface area contributed by atoms with Gasteiger partial charge in [-0.05, 0) is 74.0 Å². The molecule has 0 aliphatic heterocycles. The molecule has 6 aliphatic rings.